The first-order valence-corrected chi connectivity index (χ1v) is 7.01. The van der Waals surface area contributed by atoms with Crippen LogP contribution in [-0.4, -0.2) is 35.7 Å². The second-order valence-electron chi connectivity index (χ2n) is 4.98. The van der Waals surface area contributed by atoms with Crippen LogP contribution in [0.5, 0.6) is 0 Å². The molecular weight excluding hydrogens is 246 g/mol. The van der Waals surface area contributed by atoms with Crippen LogP contribution in [0.2, 0.25) is 0 Å². The van der Waals surface area contributed by atoms with Gasteiger partial charge in [0.15, 0.2) is 5.84 Å². The quantitative estimate of drug-likeness (QED) is 0.170. The van der Waals surface area contributed by atoms with E-state index in [-0.39, 0.29) is 11.7 Å². The number of carbonyl (C=O) groups is 1. The minimum Gasteiger partial charge on any atom is -0.409 e. The first kappa shape index (κ1) is 15.8. The summed E-state index contributed by atoms with van der Waals surface area (Å²) in [6.07, 6.45) is 5.94. The molecule has 6 heteroatoms. The molecule has 0 aromatic heterocycles. The molecule has 0 aliphatic heterocycles. The number of nitrogens with two attached hydrogens (primary N) is 1. The first-order chi connectivity index (χ1) is 9.14. The summed E-state index contributed by atoms with van der Waals surface area (Å²) in [6.45, 7) is 2.88. The number of nitrogens with one attached hydrogen (secondary N) is 1. The molecule has 0 atom stereocenters. The molecule has 1 aliphatic carbocycles. The van der Waals surface area contributed by atoms with Crippen molar-refractivity contribution in [3.63, 3.8) is 0 Å². The Labute approximate surface area is 114 Å². The Morgan fingerprint density at radius 1 is 1.37 bits per heavy atom. The standard InChI is InChI=1S/C13H25N3O3/c1-2-19-10-7-11(17)15-13(12(14)16-18)8-5-3-4-6-9-13/h18H,2-10H2,1H3,(H2,14,16)(H,15,17). The van der Waals surface area contributed by atoms with Crippen molar-refractivity contribution in [2.24, 2.45) is 10.9 Å². The molecule has 110 valence electrons. The monoisotopic (exact) mass is 271 g/mol. The maximum atomic E-state index is 11.9. The van der Waals surface area contributed by atoms with Gasteiger partial charge in [-0.1, -0.05) is 30.8 Å². The molecule has 1 fully saturated rings. The predicted molar refractivity (Wildman–Crippen MR) is 73.1 cm³/mol. The maximum Gasteiger partial charge on any atom is 0.223 e. The van der Waals surface area contributed by atoms with E-state index in [1.807, 2.05) is 6.92 Å². The topological polar surface area (TPSA) is 96.9 Å². The Morgan fingerprint density at radius 3 is 2.53 bits per heavy atom. The minimum atomic E-state index is -0.686. The van der Waals surface area contributed by atoms with Crippen LogP contribution in [0.4, 0.5) is 0 Å². The van der Waals surface area contributed by atoms with Crippen LogP contribution in [0.25, 0.3) is 0 Å². The van der Waals surface area contributed by atoms with Gasteiger partial charge in [-0.2, -0.15) is 0 Å². The van der Waals surface area contributed by atoms with E-state index >= 15 is 0 Å². The molecule has 0 heterocycles. The molecule has 0 saturated heterocycles. The number of nitrogens with zero attached hydrogens (tertiary/aromatic N) is 1. The van der Waals surface area contributed by atoms with Crippen LogP contribution in [0.15, 0.2) is 5.16 Å². The van der Waals surface area contributed by atoms with Crippen molar-refractivity contribution in [1.82, 2.24) is 5.32 Å². The lowest BCUT2D eigenvalue weighted by Crippen LogP contribution is -2.57. The van der Waals surface area contributed by atoms with Crippen molar-refractivity contribution in [2.75, 3.05) is 13.2 Å². The molecule has 19 heavy (non-hydrogen) atoms. The number of hydrogen-bond acceptors (Lipinski definition) is 4. The molecule has 4 N–H and O–H groups in total. The van der Waals surface area contributed by atoms with Crippen LogP contribution in [0, 0.1) is 0 Å². The van der Waals surface area contributed by atoms with Gasteiger partial charge in [-0.15, -0.1) is 0 Å². The summed E-state index contributed by atoms with van der Waals surface area (Å²) in [6, 6.07) is 0. The van der Waals surface area contributed by atoms with Crippen molar-refractivity contribution >= 4 is 11.7 Å². The molecular formula is C13H25N3O3. The van der Waals surface area contributed by atoms with Crippen molar-refractivity contribution in [1.29, 1.82) is 0 Å². The van der Waals surface area contributed by atoms with Gasteiger partial charge < -0.3 is 21.0 Å². The molecule has 0 unspecified atom stereocenters. The fourth-order valence-electron chi connectivity index (χ4n) is 2.51. The fourth-order valence-corrected chi connectivity index (χ4v) is 2.51. The zero-order valence-corrected chi connectivity index (χ0v) is 11.7. The number of rotatable bonds is 6. The van der Waals surface area contributed by atoms with Crippen LogP contribution < -0.4 is 11.1 Å². The largest absolute Gasteiger partial charge is 0.409 e. The van der Waals surface area contributed by atoms with E-state index in [1.165, 1.54) is 0 Å². The highest BCUT2D eigenvalue weighted by atomic mass is 16.5. The summed E-state index contributed by atoms with van der Waals surface area (Å²) in [5.41, 5.74) is 5.12. The number of carbonyl (C=O) groups excluding carboxylic acids is 1. The lowest BCUT2D eigenvalue weighted by molar-refractivity contribution is -0.123. The normalized spacial score (nSPS) is 19.7. The van der Waals surface area contributed by atoms with Gasteiger partial charge in [0.05, 0.1) is 6.61 Å². The van der Waals surface area contributed by atoms with Gasteiger partial charge in [0.1, 0.15) is 5.54 Å². The number of amidine groups is 1. The zero-order valence-electron chi connectivity index (χ0n) is 11.7. The second kappa shape index (κ2) is 7.99. The van der Waals surface area contributed by atoms with E-state index in [0.717, 1.165) is 38.5 Å². The lowest BCUT2D eigenvalue weighted by Gasteiger charge is -2.32. The molecule has 0 aromatic rings. The third-order valence-corrected chi connectivity index (χ3v) is 3.61. The summed E-state index contributed by atoms with van der Waals surface area (Å²) in [5, 5.41) is 15.0. The molecule has 0 spiro atoms. The van der Waals surface area contributed by atoms with Crippen molar-refractivity contribution in [3.8, 4) is 0 Å². The average Bonchev–Trinajstić information content (AvgIpc) is 2.64. The first-order valence-electron chi connectivity index (χ1n) is 7.01. The van der Waals surface area contributed by atoms with Crippen molar-refractivity contribution in [3.05, 3.63) is 0 Å². The van der Waals surface area contributed by atoms with Gasteiger partial charge in [-0.25, -0.2) is 0 Å². The van der Waals surface area contributed by atoms with Gasteiger partial charge in [-0.3, -0.25) is 4.79 Å². The Morgan fingerprint density at radius 2 is 2.00 bits per heavy atom. The highest BCUT2D eigenvalue weighted by Crippen LogP contribution is 2.27. The van der Waals surface area contributed by atoms with Gasteiger partial charge in [0.25, 0.3) is 0 Å². The number of amides is 1. The summed E-state index contributed by atoms with van der Waals surface area (Å²) < 4.78 is 5.17. The Kier molecular flexibility index (Phi) is 6.62. The highest BCUT2D eigenvalue weighted by molar-refractivity contribution is 5.93. The smallest absolute Gasteiger partial charge is 0.223 e. The van der Waals surface area contributed by atoms with Crippen LogP contribution in [-0.2, 0) is 9.53 Å². The predicted octanol–water partition coefficient (Wildman–Crippen LogP) is 1.37. The van der Waals surface area contributed by atoms with Crippen LogP contribution in [0.3, 0.4) is 0 Å². The fraction of sp³-hybridized carbons (Fsp3) is 0.846. The third-order valence-electron chi connectivity index (χ3n) is 3.61. The number of hydrogen-bond donors (Lipinski definition) is 3. The highest BCUT2D eigenvalue weighted by Gasteiger charge is 2.36. The summed E-state index contributed by atoms with van der Waals surface area (Å²) in [4.78, 5) is 11.9. The van der Waals surface area contributed by atoms with E-state index in [1.54, 1.807) is 0 Å². The van der Waals surface area contributed by atoms with E-state index in [9.17, 15) is 4.79 Å². The average molecular weight is 271 g/mol. The van der Waals surface area contributed by atoms with Gasteiger partial charge >= 0.3 is 0 Å². The van der Waals surface area contributed by atoms with Gasteiger partial charge in [0, 0.05) is 13.0 Å². The summed E-state index contributed by atoms with van der Waals surface area (Å²) in [5.74, 6) is 0.00103. The zero-order chi connectivity index (χ0) is 14.1. The number of ether oxygens (including phenoxy) is 1. The number of oxime groups is 1. The summed E-state index contributed by atoms with van der Waals surface area (Å²) in [7, 11) is 0. The van der Waals surface area contributed by atoms with Gasteiger partial charge in [-0.05, 0) is 19.8 Å². The molecule has 1 amide bonds. The molecule has 0 radical (unpaired) electrons. The molecule has 0 aromatic carbocycles. The van der Waals surface area contributed by atoms with E-state index < -0.39 is 5.54 Å². The van der Waals surface area contributed by atoms with Gasteiger partial charge in [0.2, 0.25) is 5.91 Å². The van der Waals surface area contributed by atoms with E-state index in [2.05, 4.69) is 10.5 Å². The van der Waals surface area contributed by atoms with Crippen LogP contribution in [0.1, 0.15) is 51.9 Å². The Hall–Kier alpha value is -1.30. The molecule has 1 rings (SSSR count). The Balaban J connectivity index is 2.66. The van der Waals surface area contributed by atoms with Crippen LogP contribution >= 0.6 is 0 Å². The summed E-state index contributed by atoms with van der Waals surface area (Å²) >= 11 is 0. The maximum absolute atomic E-state index is 11.9. The SMILES string of the molecule is CCOCCC(=O)NC1(C(N)=NO)CCCCCC1. The molecule has 0 bridgehead atoms. The molecule has 1 aliphatic rings. The second-order valence-corrected chi connectivity index (χ2v) is 4.98. The third kappa shape index (κ3) is 4.70. The lowest BCUT2D eigenvalue weighted by atomic mass is 9.88. The van der Waals surface area contributed by atoms with Crippen molar-refractivity contribution < 1.29 is 14.7 Å². The molecule has 6 nitrogen and oxygen atoms in total. The Bertz CT molecular complexity index is 310. The van der Waals surface area contributed by atoms with Crippen molar-refractivity contribution in [2.45, 2.75) is 57.4 Å². The van der Waals surface area contributed by atoms with E-state index in [0.29, 0.717) is 19.6 Å². The molecule has 1 saturated carbocycles. The van der Waals surface area contributed by atoms with E-state index in [4.69, 9.17) is 15.7 Å². The minimum absolute atomic E-state index is 0.109.